The number of ether oxygens (including phenoxy) is 3. The monoisotopic (exact) mass is 395 g/mol. The second-order valence-corrected chi connectivity index (χ2v) is 7.02. The number of esters is 1. The van der Waals surface area contributed by atoms with Crippen LogP contribution in [0.2, 0.25) is 0 Å². The fraction of sp³-hybridized carbons (Fsp3) is 0.238. The predicted octanol–water partition coefficient (Wildman–Crippen LogP) is 1.26. The van der Waals surface area contributed by atoms with Crippen molar-refractivity contribution in [1.29, 1.82) is 0 Å². The zero-order valence-electron chi connectivity index (χ0n) is 15.1. The lowest BCUT2D eigenvalue weighted by Crippen LogP contribution is -2.53. The number of hydrogen-bond donors (Lipinski definition) is 3. The van der Waals surface area contributed by atoms with Crippen LogP contribution >= 0.6 is 0 Å². The Bertz CT molecular complexity index is 1050. The van der Waals surface area contributed by atoms with Crippen molar-refractivity contribution < 1.29 is 34.0 Å². The maximum absolute atomic E-state index is 12.9. The molecule has 3 N–H and O–H groups in total. The van der Waals surface area contributed by atoms with E-state index in [1.54, 1.807) is 42.5 Å². The van der Waals surface area contributed by atoms with Gasteiger partial charge in [0.05, 0.1) is 23.3 Å². The molecule has 0 saturated heterocycles. The van der Waals surface area contributed by atoms with Crippen LogP contribution in [-0.2, 0) is 0 Å². The molecule has 2 aliphatic heterocycles. The lowest BCUT2D eigenvalue weighted by Gasteiger charge is -2.37. The number of rotatable bonds is 2. The van der Waals surface area contributed by atoms with Gasteiger partial charge >= 0.3 is 5.97 Å². The molecule has 0 aromatic heterocycles. The summed E-state index contributed by atoms with van der Waals surface area (Å²) in [7, 11) is 0. The van der Waals surface area contributed by atoms with E-state index in [4.69, 9.17) is 14.2 Å². The first kappa shape index (κ1) is 17.7. The van der Waals surface area contributed by atoms with Crippen molar-refractivity contribution in [2.24, 2.45) is 0 Å². The SMILES string of the molecule is O=C(Oc1c2c(cc3c1C(=O)N[C@@H]1C3=CC[C@@H](O)[C@H]1O)OCO2)c1ccccc1. The lowest BCUT2D eigenvalue weighted by molar-refractivity contribution is 0.00499. The Hall–Kier alpha value is -3.36. The molecule has 148 valence electrons. The van der Waals surface area contributed by atoms with E-state index in [0.29, 0.717) is 22.4 Å². The van der Waals surface area contributed by atoms with E-state index in [2.05, 4.69) is 5.32 Å². The second kappa shape index (κ2) is 6.61. The highest BCUT2D eigenvalue weighted by molar-refractivity contribution is 6.08. The maximum atomic E-state index is 12.9. The predicted molar refractivity (Wildman–Crippen MR) is 99.8 cm³/mol. The fourth-order valence-corrected chi connectivity index (χ4v) is 3.86. The summed E-state index contributed by atoms with van der Waals surface area (Å²) in [5, 5.41) is 23.0. The van der Waals surface area contributed by atoms with Crippen molar-refractivity contribution in [1.82, 2.24) is 5.32 Å². The summed E-state index contributed by atoms with van der Waals surface area (Å²) in [6.07, 6.45) is -0.135. The van der Waals surface area contributed by atoms with Gasteiger partial charge in [0.1, 0.15) is 6.10 Å². The second-order valence-electron chi connectivity index (χ2n) is 7.02. The molecular weight excluding hydrogens is 378 g/mol. The van der Waals surface area contributed by atoms with E-state index in [1.165, 1.54) is 0 Å². The molecule has 5 rings (SSSR count). The van der Waals surface area contributed by atoms with E-state index in [9.17, 15) is 19.8 Å². The van der Waals surface area contributed by atoms with Crippen molar-refractivity contribution in [3.8, 4) is 17.2 Å². The van der Waals surface area contributed by atoms with Crippen LogP contribution in [0.5, 0.6) is 17.2 Å². The molecule has 29 heavy (non-hydrogen) atoms. The zero-order valence-corrected chi connectivity index (χ0v) is 15.1. The van der Waals surface area contributed by atoms with E-state index in [0.717, 1.165) is 0 Å². The summed E-state index contributed by atoms with van der Waals surface area (Å²) in [6.45, 7) is -0.0699. The van der Waals surface area contributed by atoms with E-state index in [-0.39, 0.29) is 30.3 Å². The first-order valence-corrected chi connectivity index (χ1v) is 9.16. The maximum Gasteiger partial charge on any atom is 0.343 e. The van der Waals surface area contributed by atoms with Crippen LogP contribution in [0.4, 0.5) is 0 Å². The number of fused-ring (bicyclic) bond motifs is 4. The van der Waals surface area contributed by atoms with Gasteiger partial charge in [-0.15, -0.1) is 0 Å². The fourth-order valence-electron chi connectivity index (χ4n) is 3.86. The molecule has 0 saturated carbocycles. The molecule has 0 radical (unpaired) electrons. The molecule has 0 spiro atoms. The quantitative estimate of drug-likeness (QED) is 0.518. The minimum absolute atomic E-state index is 0.0266. The van der Waals surface area contributed by atoms with Crippen molar-refractivity contribution >= 4 is 17.4 Å². The normalized spacial score (nSPS) is 24.1. The summed E-state index contributed by atoms with van der Waals surface area (Å²) in [6, 6.07) is 9.27. The highest BCUT2D eigenvalue weighted by Crippen LogP contribution is 2.49. The molecule has 8 heteroatoms. The minimum Gasteiger partial charge on any atom is -0.453 e. The Balaban J connectivity index is 1.65. The largest absolute Gasteiger partial charge is 0.453 e. The van der Waals surface area contributed by atoms with Gasteiger partial charge in [0.2, 0.25) is 12.5 Å². The summed E-state index contributed by atoms with van der Waals surface area (Å²) < 4.78 is 16.5. The number of hydrogen-bond acceptors (Lipinski definition) is 7. The number of aliphatic hydroxyl groups is 2. The van der Waals surface area contributed by atoms with Gasteiger partial charge in [-0.05, 0) is 35.8 Å². The third kappa shape index (κ3) is 2.76. The third-order valence-electron chi connectivity index (χ3n) is 5.30. The van der Waals surface area contributed by atoms with Gasteiger partial charge in [0.25, 0.3) is 5.91 Å². The highest BCUT2D eigenvalue weighted by Gasteiger charge is 2.42. The smallest absolute Gasteiger partial charge is 0.343 e. The number of nitrogens with one attached hydrogen (secondary N) is 1. The van der Waals surface area contributed by atoms with E-state index in [1.807, 2.05) is 0 Å². The molecule has 3 atom stereocenters. The van der Waals surface area contributed by atoms with Crippen LogP contribution in [0.3, 0.4) is 0 Å². The molecule has 2 aromatic rings. The minimum atomic E-state index is -1.15. The lowest BCUT2D eigenvalue weighted by atomic mass is 9.80. The van der Waals surface area contributed by atoms with Crippen molar-refractivity contribution in [2.45, 2.75) is 24.7 Å². The molecule has 0 bridgehead atoms. The number of carbonyl (C=O) groups excluding carboxylic acids is 2. The van der Waals surface area contributed by atoms with Gasteiger partial charge < -0.3 is 29.7 Å². The summed E-state index contributed by atoms with van der Waals surface area (Å²) >= 11 is 0. The zero-order chi connectivity index (χ0) is 20.1. The summed E-state index contributed by atoms with van der Waals surface area (Å²) in [4.78, 5) is 25.6. The number of aliphatic hydroxyl groups excluding tert-OH is 2. The summed E-state index contributed by atoms with van der Waals surface area (Å²) in [5.41, 5.74) is 1.56. The Morgan fingerprint density at radius 2 is 1.97 bits per heavy atom. The first-order valence-electron chi connectivity index (χ1n) is 9.16. The molecular formula is C21H17NO7. The Morgan fingerprint density at radius 3 is 2.76 bits per heavy atom. The topological polar surface area (TPSA) is 114 Å². The van der Waals surface area contributed by atoms with Crippen LogP contribution in [0.25, 0.3) is 5.57 Å². The third-order valence-corrected chi connectivity index (χ3v) is 5.30. The number of amides is 1. The molecule has 0 fully saturated rings. The van der Waals surface area contributed by atoms with Crippen molar-refractivity contribution in [3.63, 3.8) is 0 Å². The van der Waals surface area contributed by atoms with Gasteiger partial charge in [-0.2, -0.15) is 0 Å². The molecule has 0 unspecified atom stereocenters. The Kier molecular flexibility index (Phi) is 4.04. The molecule has 2 aromatic carbocycles. The van der Waals surface area contributed by atoms with Gasteiger partial charge in [0, 0.05) is 0 Å². The Labute approximate surface area is 165 Å². The first-order chi connectivity index (χ1) is 14.0. The number of benzene rings is 2. The van der Waals surface area contributed by atoms with E-state index >= 15 is 0 Å². The van der Waals surface area contributed by atoms with Gasteiger partial charge in [0.15, 0.2) is 11.5 Å². The van der Waals surface area contributed by atoms with Gasteiger partial charge in [-0.3, -0.25) is 4.79 Å². The van der Waals surface area contributed by atoms with Crippen LogP contribution < -0.4 is 19.5 Å². The molecule has 8 nitrogen and oxygen atoms in total. The van der Waals surface area contributed by atoms with Crippen LogP contribution in [-0.4, -0.2) is 47.1 Å². The van der Waals surface area contributed by atoms with E-state index < -0.39 is 30.1 Å². The molecule has 1 amide bonds. The van der Waals surface area contributed by atoms with Crippen molar-refractivity contribution in [3.05, 3.63) is 59.2 Å². The average Bonchev–Trinajstić information content (AvgIpc) is 3.20. The van der Waals surface area contributed by atoms with Gasteiger partial charge in [-0.25, -0.2) is 4.79 Å². The highest BCUT2D eigenvalue weighted by atomic mass is 16.7. The van der Waals surface area contributed by atoms with Crippen LogP contribution in [0, 0.1) is 0 Å². The number of carbonyl (C=O) groups is 2. The van der Waals surface area contributed by atoms with Crippen LogP contribution in [0.1, 0.15) is 32.7 Å². The summed E-state index contributed by atoms with van der Waals surface area (Å²) in [5.74, 6) is -0.682. The Morgan fingerprint density at radius 1 is 1.17 bits per heavy atom. The van der Waals surface area contributed by atoms with Gasteiger partial charge in [-0.1, -0.05) is 24.3 Å². The van der Waals surface area contributed by atoms with Crippen molar-refractivity contribution in [2.75, 3.05) is 6.79 Å². The average molecular weight is 395 g/mol. The molecule has 3 aliphatic rings. The van der Waals surface area contributed by atoms with Crippen LogP contribution in [0.15, 0.2) is 42.5 Å². The molecule has 1 aliphatic carbocycles. The standard InChI is InChI=1S/C21H17NO7/c23-13-7-6-11-12-8-14-18(28-9-27-14)19(15(12)20(25)22-16(11)17(13)24)29-21(26)10-4-2-1-3-5-10/h1-6,8,13,16-17,23-24H,7,9H2,(H,22,25)/t13-,16-,17-/m1/s1. The molecule has 2 heterocycles.